The zero-order valence-electron chi connectivity index (χ0n) is 20.2. The quantitative estimate of drug-likeness (QED) is 0.257. The van der Waals surface area contributed by atoms with E-state index in [0.29, 0.717) is 28.4 Å². The number of ether oxygens (including phenoxy) is 1. The Hall–Kier alpha value is -5.36. The summed E-state index contributed by atoms with van der Waals surface area (Å²) in [4.78, 5) is 26.9. The Kier molecular flexibility index (Phi) is 8.50. The van der Waals surface area contributed by atoms with Gasteiger partial charge in [0.1, 0.15) is 17.3 Å². The molecule has 0 saturated carbocycles. The van der Waals surface area contributed by atoms with Crippen LogP contribution in [0.5, 0.6) is 11.5 Å². The molecule has 0 heterocycles. The van der Waals surface area contributed by atoms with E-state index in [1.807, 2.05) is 36.4 Å². The molecule has 38 heavy (non-hydrogen) atoms. The van der Waals surface area contributed by atoms with Crippen LogP contribution in [0.3, 0.4) is 0 Å². The molecular weight excluding hydrogens is 485 g/mol. The van der Waals surface area contributed by atoms with Crippen molar-refractivity contribution < 1.29 is 18.7 Å². The Bertz CT molecular complexity index is 1440. The highest BCUT2D eigenvalue weighted by Crippen LogP contribution is 2.25. The van der Waals surface area contributed by atoms with Crippen LogP contribution in [0.2, 0.25) is 0 Å². The predicted octanol–water partition coefficient (Wildman–Crippen LogP) is 6.35. The Morgan fingerprint density at radius 2 is 1.55 bits per heavy atom. The van der Waals surface area contributed by atoms with Gasteiger partial charge in [-0.1, -0.05) is 36.4 Å². The molecule has 0 saturated heterocycles. The van der Waals surface area contributed by atoms with Crippen LogP contribution in [0.25, 0.3) is 0 Å². The van der Waals surface area contributed by atoms with Gasteiger partial charge < -0.3 is 20.7 Å². The number of halogens is 1. The number of para-hydroxylation sites is 2. The number of carbonyl (C=O) groups excluding carboxylic acids is 2. The first-order chi connectivity index (χ1) is 18.5. The van der Waals surface area contributed by atoms with E-state index in [9.17, 15) is 14.0 Å². The van der Waals surface area contributed by atoms with Crippen LogP contribution in [-0.4, -0.2) is 25.2 Å². The second kappa shape index (κ2) is 12.6. The molecule has 190 valence electrons. The minimum atomic E-state index is -0.573. The minimum Gasteiger partial charge on any atom is -0.457 e. The molecule has 4 aromatic rings. The number of anilines is 3. The molecule has 0 unspecified atom stereocenters. The zero-order valence-corrected chi connectivity index (χ0v) is 20.2. The molecular formula is C29H24FN5O3. The fourth-order valence-electron chi connectivity index (χ4n) is 3.53. The van der Waals surface area contributed by atoms with Crippen molar-refractivity contribution in [3.63, 3.8) is 0 Å². The van der Waals surface area contributed by atoms with Gasteiger partial charge >= 0.3 is 12.1 Å². The first kappa shape index (κ1) is 25.7. The van der Waals surface area contributed by atoms with E-state index in [4.69, 9.17) is 10.00 Å². The number of nitrogens with zero attached hydrogens (tertiary/aromatic N) is 2. The van der Waals surface area contributed by atoms with Gasteiger partial charge in [0, 0.05) is 24.5 Å². The maximum atomic E-state index is 14.2. The first-order valence-electron chi connectivity index (χ1n) is 11.7. The highest BCUT2D eigenvalue weighted by Gasteiger charge is 2.18. The van der Waals surface area contributed by atoms with E-state index in [0.717, 1.165) is 0 Å². The second-order valence-electron chi connectivity index (χ2n) is 8.04. The maximum Gasteiger partial charge on any atom is 0.326 e. The van der Waals surface area contributed by atoms with Crippen molar-refractivity contribution in [1.82, 2.24) is 5.32 Å². The Balaban J connectivity index is 1.44. The van der Waals surface area contributed by atoms with Crippen LogP contribution in [0.1, 0.15) is 5.56 Å². The van der Waals surface area contributed by atoms with Gasteiger partial charge in [0.2, 0.25) is 0 Å². The summed E-state index contributed by atoms with van der Waals surface area (Å²) in [5.74, 6) is 0.681. The fourth-order valence-corrected chi connectivity index (χ4v) is 3.53. The van der Waals surface area contributed by atoms with Crippen molar-refractivity contribution in [3.05, 3.63) is 115 Å². The summed E-state index contributed by atoms with van der Waals surface area (Å²) in [5.41, 5.74) is 1.43. The van der Waals surface area contributed by atoms with E-state index >= 15 is 0 Å². The SMILES string of the molecule is N#Cc1cccc(NC(=O)NCCN(C(=O)Nc2ccccc2F)c2ccc(Oc3ccccc3)cc2)c1. The molecule has 0 fully saturated rings. The van der Waals surface area contributed by atoms with Crippen molar-refractivity contribution in [2.24, 2.45) is 0 Å². The normalized spacial score (nSPS) is 10.1. The molecule has 3 N–H and O–H groups in total. The number of nitrogens with one attached hydrogen (secondary N) is 3. The van der Waals surface area contributed by atoms with Crippen LogP contribution in [0.4, 0.5) is 31.0 Å². The van der Waals surface area contributed by atoms with Crippen molar-refractivity contribution in [3.8, 4) is 17.6 Å². The van der Waals surface area contributed by atoms with Crippen LogP contribution in [0.15, 0.2) is 103 Å². The molecule has 0 aliphatic carbocycles. The number of urea groups is 2. The lowest BCUT2D eigenvalue weighted by Crippen LogP contribution is -2.42. The van der Waals surface area contributed by atoms with Gasteiger partial charge in [-0.2, -0.15) is 5.26 Å². The highest BCUT2D eigenvalue weighted by atomic mass is 19.1. The lowest BCUT2D eigenvalue weighted by Gasteiger charge is -2.24. The van der Waals surface area contributed by atoms with E-state index in [2.05, 4.69) is 16.0 Å². The van der Waals surface area contributed by atoms with Gasteiger partial charge in [0.25, 0.3) is 0 Å². The molecule has 0 aliphatic rings. The van der Waals surface area contributed by atoms with Crippen molar-refractivity contribution in [2.75, 3.05) is 28.6 Å². The third kappa shape index (κ3) is 7.08. The number of rotatable bonds is 8. The average Bonchev–Trinajstić information content (AvgIpc) is 2.93. The Morgan fingerprint density at radius 1 is 0.842 bits per heavy atom. The monoisotopic (exact) mass is 509 g/mol. The molecule has 0 bridgehead atoms. The smallest absolute Gasteiger partial charge is 0.326 e. The first-order valence-corrected chi connectivity index (χ1v) is 11.7. The molecule has 4 aromatic carbocycles. The van der Waals surface area contributed by atoms with Crippen molar-refractivity contribution in [2.45, 2.75) is 0 Å². The number of benzene rings is 4. The Morgan fingerprint density at radius 3 is 2.29 bits per heavy atom. The number of amides is 4. The van der Waals surface area contributed by atoms with E-state index in [1.165, 1.54) is 23.1 Å². The minimum absolute atomic E-state index is 0.0367. The summed E-state index contributed by atoms with van der Waals surface area (Å²) in [7, 11) is 0. The largest absolute Gasteiger partial charge is 0.457 e. The van der Waals surface area contributed by atoms with Crippen LogP contribution >= 0.6 is 0 Å². The Labute approximate surface area is 219 Å². The highest BCUT2D eigenvalue weighted by molar-refractivity contribution is 6.02. The van der Waals surface area contributed by atoms with Gasteiger partial charge in [-0.15, -0.1) is 0 Å². The summed E-state index contributed by atoms with van der Waals surface area (Å²) >= 11 is 0. The zero-order chi connectivity index (χ0) is 26.7. The molecule has 4 rings (SSSR count). The number of carbonyl (C=O) groups is 2. The standard InChI is InChI=1S/C29H24FN5O3/c30-26-11-4-5-12-27(26)34-29(37)35(18-17-32-28(36)33-22-8-6-7-21(19-22)20-31)23-13-15-25(16-14-23)38-24-9-2-1-3-10-24/h1-16,19H,17-18H2,(H,34,37)(H2,32,33,36). The summed E-state index contributed by atoms with van der Waals surface area (Å²) in [6.45, 7) is 0.182. The molecule has 0 spiro atoms. The van der Waals surface area contributed by atoms with Gasteiger partial charge in [-0.05, 0) is 66.7 Å². The summed E-state index contributed by atoms with van der Waals surface area (Å²) in [6.07, 6.45) is 0. The fraction of sp³-hybridized carbons (Fsp3) is 0.0690. The third-order valence-electron chi connectivity index (χ3n) is 5.36. The lowest BCUT2D eigenvalue weighted by atomic mass is 10.2. The third-order valence-corrected chi connectivity index (χ3v) is 5.36. The van der Waals surface area contributed by atoms with E-state index in [1.54, 1.807) is 54.6 Å². The maximum absolute atomic E-state index is 14.2. The van der Waals surface area contributed by atoms with Gasteiger partial charge in [0.15, 0.2) is 0 Å². The van der Waals surface area contributed by atoms with E-state index < -0.39 is 17.9 Å². The molecule has 9 heteroatoms. The summed E-state index contributed by atoms with van der Waals surface area (Å²) in [5, 5.41) is 16.9. The van der Waals surface area contributed by atoms with Gasteiger partial charge in [-0.25, -0.2) is 14.0 Å². The summed E-state index contributed by atoms with van der Waals surface area (Å²) < 4.78 is 20.0. The number of nitriles is 1. The van der Waals surface area contributed by atoms with Crippen LogP contribution in [-0.2, 0) is 0 Å². The molecule has 4 amide bonds. The summed E-state index contributed by atoms with van der Waals surface area (Å²) in [6, 6.07) is 29.4. The molecule has 0 radical (unpaired) electrons. The average molecular weight is 510 g/mol. The molecule has 0 atom stereocenters. The predicted molar refractivity (Wildman–Crippen MR) is 144 cm³/mol. The van der Waals surface area contributed by atoms with Gasteiger partial charge in [-0.3, -0.25) is 4.90 Å². The lowest BCUT2D eigenvalue weighted by molar-refractivity contribution is 0.250. The molecule has 0 aliphatic heterocycles. The van der Waals surface area contributed by atoms with Crippen LogP contribution < -0.4 is 25.6 Å². The van der Waals surface area contributed by atoms with E-state index in [-0.39, 0.29) is 18.8 Å². The molecule has 0 aromatic heterocycles. The molecule has 8 nitrogen and oxygen atoms in total. The van der Waals surface area contributed by atoms with Crippen molar-refractivity contribution in [1.29, 1.82) is 5.26 Å². The van der Waals surface area contributed by atoms with Crippen LogP contribution in [0, 0.1) is 17.1 Å². The topological polar surface area (TPSA) is 106 Å². The number of hydrogen-bond acceptors (Lipinski definition) is 4. The van der Waals surface area contributed by atoms with Gasteiger partial charge in [0.05, 0.1) is 17.3 Å². The van der Waals surface area contributed by atoms with Crippen molar-refractivity contribution >= 4 is 29.1 Å². The number of hydrogen-bond donors (Lipinski definition) is 3. The second-order valence-corrected chi connectivity index (χ2v) is 8.04.